The number of aromatic nitrogens is 1. The third-order valence-electron chi connectivity index (χ3n) is 7.28. The van der Waals surface area contributed by atoms with Crippen LogP contribution in [0, 0.1) is 0 Å². The monoisotopic (exact) mass is 637 g/mol. The van der Waals surface area contributed by atoms with Crippen LogP contribution in [0.25, 0.3) is 0 Å². The Morgan fingerprint density at radius 1 is 0.787 bits per heavy atom. The van der Waals surface area contributed by atoms with E-state index in [1.165, 1.54) is 31.4 Å². The number of pyridine rings is 1. The average molecular weight is 638 g/mol. The highest BCUT2D eigenvalue weighted by Gasteiger charge is 2.21. The molecule has 0 saturated carbocycles. The zero-order valence-electron chi connectivity index (χ0n) is 26.3. The molecule has 2 amide bonds. The molecule has 3 aromatic carbocycles. The highest BCUT2D eigenvalue weighted by atomic mass is 16.5. The zero-order valence-corrected chi connectivity index (χ0v) is 26.3. The summed E-state index contributed by atoms with van der Waals surface area (Å²) in [6, 6.07) is 23.5. The molecule has 4 rings (SSSR count). The maximum absolute atomic E-state index is 12.8. The van der Waals surface area contributed by atoms with Gasteiger partial charge in [-0.1, -0.05) is 50.8 Å². The van der Waals surface area contributed by atoms with Gasteiger partial charge in [0.05, 0.1) is 18.6 Å². The van der Waals surface area contributed by atoms with Crippen molar-refractivity contribution in [1.82, 2.24) is 10.3 Å². The number of amides is 2. The number of benzene rings is 3. The Kier molecular flexibility index (Phi) is 13.0. The highest BCUT2D eigenvalue weighted by molar-refractivity contribution is 5.98. The van der Waals surface area contributed by atoms with Crippen molar-refractivity contribution in [1.29, 1.82) is 0 Å². The minimum absolute atomic E-state index is 0.0109. The summed E-state index contributed by atoms with van der Waals surface area (Å²) in [7, 11) is 0. The molecule has 0 bridgehead atoms. The van der Waals surface area contributed by atoms with E-state index >= 15 is 0 Å². The second-order valence-corrected chi connectivity index (χ2v) is 11.0. The number of rotatable bonds is 17. The van der Waals surface area contributed by atoms with Crippen LogP contribution in [0.2, 0.25) is 0 Å². The summed E-state index contributed by atoms with van der Waals surface area (Å²) in [5.41, 5.74) is 2.36. The number of ether oxygens (including phenoxy) is 2. The van der Waals surface area contributed by atoms with Gasteiger partial charge in [-0.05, 0) is 84.8 Å². The smallest absolute Gasteiger partial charge is 0.343 e. The van der Waals surface area contributed by atoms with Crippen molar-refractivity contribution in [3.8, 4) is 11.5 Å². The number of esters is 1. The molecule has 0 radical (unpaired) electrons. The van der Waals surface area contributed by atoms with Crippen molar-refractivity contribution in [3.05, 3.63) is 120 Å². The lowest BCUT2D eigenvalue weighted by atomic mass is 10.0. The van der Waals surface area contributed by atoms with Crippen molar-refractivity contribution in [2.75, 3.05) is 11.9 Å². The maximum atomic E-state index is 12.8. The summed E-state index contributed by atoms with van der Waals surface area (Å²) in [6.07, 6.45) is 7.49. The van der Waals surface area contributed by atoms with Gasteiger partial charge in [-0.25, -0.2) is 9.59 Å². The van der Waals surface area contributed by atoms with E-state index in [1.54, 1.807) is 85.1 Å². The average Bonchev–Trinajstić information content (AvgIpc) is 3.07. The lowest BCUT2D eigenvalue weighted by molar-refractivity contribution is -0.139. The Labute approximate surface area is 274 Å². The van der Waals surface area contributed by atoms with Crippen molar-refractivity contribution >= 4 is 29.4 Å². The van der Waals surface area contributed by atoms with E-state index in [1.807, 2.05) is 0 Å². The number of unbranched alkanes of at least 4 members (excludes halogenated alkanes) is 4. The summed E-state index contributed by atoms with van der Waals surface area (Å²) >= 11 is 0. The topological polar surface area (TPSA) is 144 Å². The standard InChI is InChI=1S/C37H39N3O7/c1-2-3-4-5-8-23-46-31-20-14-28(15-21-31)37(45)47-32-18-10-26(11-19-32)24-33(36(43)44)40-35(42)27-12-16-29(17-13-27)39-34(41)25-30-9-6-7-22-38-30/h6-7,9-22,33H,2-5,8,23-25H2,1H3,(H,39,41)(H,40,42)(H,43,44). The van der Waals surface area contributed by atoms with Crippen LogP contribution < -0.4 is 20.1 Å². The normalized spacial score (nSPS) is 11.3. The first-order valence-electron chi connectivity index (χ1n) is 15.7. The number of carboxylic acid groups (broad SMARTS) is 1. The van der Waals surface area contributed by atoms with E-state index < -0.39 is 23.9 Å². The number of hydrogen-bond donors (Lipinski definition) is 3. The van der Waals surface area contributed by atoms with Gasteiger partial charge in [0.25, 0.3) is 5.91 Å². The highest BCUT2D eigenvalue weighted by Crippen LogP contribution is 2.18. The molecule has 3 N–H and O–H groups in total. The fraction of sp³-hybridized carbons (Fsp3) is 0.270. The summed E-state index contributed by atoms with van der Waals surface area (Å²) in [6.45, 7) is 2.81. The number of carboxylic acids is 1. The number of carbonyl (C=O) groups excluding carboxylic acids is 3. The van der Waals surface area contributed by atoms with Gasteiger partial charge in [0.2, 0.25) is 5.91 Å². The summed E-state index contributed by atoms with van der Waals surface area (Å²) in [5.74, 6) is -1.56. The Morgan fingerprint density at radius 3 is 2.13 bits per heavy atom. The fourth-order valence-corrected chi connectivity index (χ4v) is 4.70. The van der Waals surface area contributed by atoms with Gasteiger partial charge >= 0.3 is 11.9 Å². The molecule has 1 aromatic heterocycles. The van der Waals surface area contributed by atoms with Crippen molar-refractivity contribution in [2.24, 2.45) is 0 Å². The van der Waals surface area contributed by atoms with Crippen LogP contribution >= 0.6 is 0 Å². The molecule has 0 aliphatic carbocycles. The number of aliphatic carboxylic acids is 1. The maximum Gasteiger partial charge on any atom is 0.343 e. The molecular weight excluding hydrogens is 598 g/mol. The molecule has 0 saturated heterocycles. The van der Waals surface area contributed by atoms with Crippen LogP contribution in [0.1, 0.15) is 71.0 Å². The minimum Gasteiger partial charge on any atom is -0.494 e. The molecule has 4 aromatic rings. The van der Waals surface area contributed by atoms with Crippen molar-refractivity contribution in [3.63, 3.8) is 0 Å². The molecule has 0 aliphatic rings. The largest absolute Gasteiger partial charge is 0.494 e. The SMILES string of the molecule is CCCCCCCOc1ccc(C(=O)Oc2ccc(CC(NC(=O)c3ccc(NC(=O)Cc4ccccn4)cc3)C(=O)O)cc2)cc1. The Morgan fingerprint density at radius 2 is 1.47 bits per heavy atom. The van der Waals surface area contributed by atoms with Gasteiger partial charge in [-0.15, -0.1) is 0 Å². The molecular formula is C37H39N3O7. The predicted molar refractivity (Wildman–Crippen MR) is 178 cm³/mol. The van der Waals surface area contributed by atoms with Crippen LogP contribution in [0.5, 0.6) is 11.5 Å². The Bertz CT molecular complexity index is 1610. The van der Waals surface area contributed by atoms with E-state index in [9.17, 15) is 24.3 Å². The van der Waals surface area contributed by atoms with Crippen molar-refractivity contribution < 1.29 is 33.8 Å². The molecule has 10 heteroatoms. The molecule has 0 fully saturated rings. The number of nitrogens with one attached hydrogen (secondary N) is 2. The van der Waals surface area contributed by atoms with Gasteiger partial charge in [0.1, 0.15) is 17.5 Å². The molecule has 1 atom stereocenters. The van der Waals surface area contributed by atoms with Crippen LogP contribution in [0.3, 0.4) is 0 Å². The number of carbonyl (C=O) groups is 4. The van der Waals surface area contributed by atoms with Gasteiger partial charge in [-0.3, -0.25) is 14.6 Å². The van der Waals surface area contributed by atoms with E-state index in [0.717, 1.165) is 12.8 Å². The molecule has 0 spiro atoms. The van der Waals surface area contributed by atoms with Gasteiger partial charge in [0, 0.05) is 29.6 Å². The van der Waals surface area contributed by atoms with Crippen LogP contribution in [0.4, 0.5) is 5.69 Å². The number of anilines is 1. The van der Waals surface area contributed by atoms with Crippen LogP contribution in [-0.4, -0.2) is 46.5 Å². The second-order valence-electron chi connectivity index (χ2n) is 11.0. The second kappa shape index (κ2) is 17.8. The van der Waals surface area contributed by atoms with Gasteiger partial charge in [0.15, 0.2) is 0 Å². The van der Waals surface area contributed by atoms with Crippen molar-refractivity contribution in [2.45, 2.75) is 57.9 Å². The zero-order chi connectivity index (χ0) is 33.4. The molecule has 1 heterocycles. The summed E-state index contributed by atoms with van der Waals surface area (Å²) in [5, 5.41) is 15.0. The summed E-state index contributed by atoms with van der Waals surface area (Å²) < 4.78 is 11.2. The molecule has 0 aliphatic heterocycles. The quantitative estimate of drug-likeness (QED) is 0.0700. The van der Waals surface area contributed by atoms with Gasteiger partial charge in [-0.2, -0.15) is 0 Å². The van der Waals surface area contributed by atoms with E-state index in [4.69, 9.17) is 9.47 Å². The molecule has 244 valence electrons. The predicted octanol–water partition coefficient (Wildman–Crippen LogP) is 6.26. The van der Waals surface area contributed by atoms with E-state index in [2.05, 4.69) is 22.5 Å². The fourth-order valence-electron chi connectivity index (χ4n) is 4.70. The third-order valence-corrected chi connectivity index (χ3v) is 7.28. The molecule has 1 unspecified atom stereocenters. The molecule has 10 nitrogen and oxygen atoms in total. The van der Waals surface area contributed by atoms with Crippen LogP contribution in [0.15, 0.2) is 97.2 Å². The number of nitrogens with zero attached hydrogens (tertiary/aromatic N) is 1. The first-order chi connectivity index (χ1) is 22.8. The number of hydrogen-bond acceptors (Lipinski definition) is 7. The van der Waals surface area contributed by atoms with Gasteiger partial charge < -0.3 is 25.2 Å². The minimum atomic E-state index is -1.20. The lowest BCUT2D eigenvalue weighted by Gasteiger charge is -2.15. The first-order valence-corrected chi connectivity index (χ1v) is 15.7. The third kappa shape index (κ3) is 11.4. The van der Waals surface area contributed by atoms with Crippen LogP contribution in [-0.2, 0) is 22.4 Å². The summed E-state index contributed by atoms with van der Waals surface area (Å²) in [4.78, 5) is 53.8. The Hall–Kier alpha value is -5.51. The lowest BCUT2D eigenvalue weighted by Crippen LogP contribution is -2.42. The van der Waals surface area contributed by atoms with E-state index in [-0.39, 0.29) is 24.3 Å². The molecule has 47 heavy (non-hydrogen) atoms. The first kappa shape index (κ1) is 34.4. The van der Waals surface area contributed by atoms with E-state index in [0.29, 0.717) is 40.6 Å². The Balaban J connectivity index is 1.24.